The fourth-order valence-corrected chi connectivity index (χ4v) is 5.50. The molecule has 2 heterocycles. The number of thioether (sulfide) groups is 1. The van der Waals surface area contributed by atoms with Crippen LogP contribution in [-0.2, 0) is 17.8 Å². The van der Waals surface area contributed by atoms with Crippen LogP contribution in [0.15, 0.2) is 71.8 Å². The third-order valence-corrected chi connectivity index (χ3v) is 7.71. The Bertz CT molecular complexity index is 1510. The summed E-state index contributed by atoms with van der Waals surface area (Å²) in [6, 6.07) is 19.2. The molecule has 1 aliphatic heterocycles. The van der Waals surface area contributed by atoms with Gasteiger partial charge in [0.1, 0.15) is 0 Å². The molecule has 0 spiro atoms. The number of carbonyl (C=O) groups excluding carboxylic acids is 2. The molecule has 1 fully saturated rings. The Morgan fingerprint density at radius 3 is 2.46 bits per heavy atom. The van der Waals surface area contributed by atoms with Crippen LogP contribution in [-0.4, -0.2) is 15.7 Å². The number of aryl methyl sites for hydroxylation is 2. The summed E-state index contributed by atoms with van der Waals surface area (Å²) in [6.07, 6.45) is 4.73. The van der Waals surface area contributed by atoms with Gasteiger partial charge in [-0.2, -0.15) is 0 Å². The van der Waals surface area contributed by atoms with Crippen molar-refractivity contribution in [2.75, 3.05) is 4.90 Å². The second-order valence-electron chi connectivity index (χ2n) is 8.48. The minimum absolute atomic E-state index is 0.293. The number of para-hydroxylation sites is 1. The highest BCUT2D eigenvalue weighted by Gasteiger charge is 2.36. The van der Waals surface area contributed by atoms with Crippen LogP contribution < -0.4 is 4.90 Å². The first-order chi connectivity index (χ1) is 16.9. The summed E-state index contributed by atoms with van der Waals surface area (Å²) in [7, 11) is 0. The zero-order valence-electron chi connectivity index (χ0n) is 19.2. The van der Waals surface area contributed by atoms with Crippen LogP contribution in [0.4, 0.5) is 10.5 Å². The highest BCUT2D eigenvalue weighted by atomic mass is 35.5. The van der Waals surface area contributed by atoms with E-state index in [0.29, 0.717) is 27.2 Å². The number of nitrogens with zero attached hydrogens (tertiary/aromatic N) is 2. The molecule has 2 amide bonds. The monoisotopic (exact) mass is 520 g/mol. The molecule has 1 aromatic heterocycles. The summed E-state index contributed by atoms with van der Waals surface area (Å²) in [5, 5.41) is 1.78. The van der Waals surface area contributed by atoms with Crippen molar-refractivity contribution in [1.82, 2.24) is 4.57 Å². The van der Waals surface area contributed by atoms with Gasteiger partial charge >= 0.3 is 0 Å². The molecule has 35 heavy (non-hydrogen) atoms. The number of amides is 2. The van der Waals surface area contributed by atoms with Crippen molar-refractivity contribution in [2.45, 2.75) is 26.8 Å². The van der Waals surface area contributed by atoms with Crippen molar-refractivity contribution in [3.05, 3.63) is 104 Å². The van der Waals surface area contributed by atoms with Gasteiger partial charge in [-0.1, -0.05) is 72.1 Å². The second kappa shape index (κ2) is 9.57. The van der Waals surface area contributed by atoms with Crippen LogP contribution >= 0.6 is 35.0 Å². The van der Waals surface area contributed by atoms with Crippen molar-refractivity contribution in [3.63, 3.8) is 0 Å². The number of anilines is 1. The van der Waals surface area contributed by atoms with Crippen LogP contribution in [0, 0.1) is 6.92 Å². The molecule has 0 atom stereocenters. The van der Waals surface area contributed by atoms with Gasteiger partial charge in [-0.05, 0) is 66.6 Å². The van der Waals surface area contributed by atoms with Crippen LogP contribution in [0.1, 0.15) is 29.2 Å². The van der Waals surface area contributed by atoms with Gasteiger partial charge < -0.3 is 4.57 Å². The zero-order chi connectivity index (χ0) is 24.7. The van der Waals surface area contributed by atoms with E-state index >= 15 is 0 Å². The van der Waals surface area contributed by atoms with Crippen LogP contribution in [0.3, 0.4) is 0 Å². The summed E-state index contributed by atoms with van der Waals surface area (Å²) in [5.74, 6) is -0.305. The van der Waals surface area contributed by atoms with E-state index in [1.54, 1.807) is 18.2 Å². The summed E-state index contributed by atoms with van der Waals surface area (Å²) in [5.41, 5.74) is 5.87. The third-order valence-electron chi connectivity index (χ3n) is 6.10. The predicted octanol–water partition coefficient (Wildman–Crippen LogP) is 8.11. The highest BCUT2D eigenvalue weighted by Crippen LogP contribution is 2.37. The Balaban J connectivity index is 1.56. The summed E-state index contributed by atoms with van der Waals surface area (Å²) in [4.78, 5) is 27.6. The standard InChI is InChI=1S/C28H22Cl2N2O2S/c1-3-19-5-4-6-22-20(16-31(26(19)22)15-18-9-12-23(29)24(30)13-18)14-25-27(33)32(28(34)35-25)21-10-7-17(2)8-11-21/h4-14,16H,3,15H2,1-2H3/b25-14-. The molecule has 0 unspecified atom stereocenters. The molecule has 1 aliphatic rings. The van der Waals surface area contributed by atoms with Gasteiger partial charge in [0.2, 0.25) is 0 Å². The average molecular weight is 521 g/mol. The number of halogens is 2. The minimum atomic E-state index is -0.305. The summed E-state index contributed by atoms with van der Waals surface area (Å²) in [6.45, 7) is 4.69. The lowest BCUT2D eigenvalue weighted by Gasteiger charge is -2.12. The SMILES string of the molecule is CCc1cccc2c(/C=C3\SC(=O)N(c4ccc(C)cc4)C3=O)cn(Cc3ccc(Cl)c(Cl)c3)c12. The van der Waals surface area contributed by atoms with E-state index in [2.05, 4.69) is 23.6 Å². The molecule has 7 heteroatoms. The fraction of sp³-hybridized carbons (Fsp3) is 0.143. The van der Waals surface area contributed by atoms with Gasteiger partial charge in [-0.3, -0.25) is 9.59 Å². The first-order valence-corrected chi connectivity index (χ1v) is 12.8. The molecule has 5 rings (SSSR count). The Morgan fingerprint density at radius 2 is 1.74 bits per heavy atom. The Labute approximate surface area is 218 Å². The van der Waals surface area contributed by atoms with Crippen molar-refractivity contribution in [2.24, 2.45) is 0 Å². The van der Waals surface area contributed by atoms with E-state index in [-0.39, 0.29) is 11.1 Å². The fourth-order valence-electron chi connectivity index (χ4n) is 4.35. The Hall–Kier alpha value is -2.99. The maximum Gasteiger partial charge on any atom is 0.298 e. The molecule has 0 N–H and O–H groups in total. The maximum atomic E-state index is 13.2. The molecule has 0 saturated carbocycles. The number of imide groups is 1. The number of aromatic nitrogens is 1. The number of carbonyl (C=O) groups is 2. The first kappa shape index (κ1) is 23.7. The van der Waals surface area contributed by atoms with Crippen LogP contribution in [0.25, 0.3) is 17.0 Å². The zero-order valence-corrected chi connectivity index (χ0v) is 21.5. The smallest absolute Gasteiger partial charge is 0.298 e. The van der Waals surface area contributed by atoms with Crippen molar-refractivity contribution >= 4 is 68.8 Å². The molecule has 3 aromatic carbocycles. The lowest BCUT2D eigenvalue weighted by Crippen LogP contribution is -2.27. The number of rotatable bonds is 5. The van der Waals surface area contributed by atoms with Gasteiger partial charge in [0.15, 0.2) is 0 Å². The third kappa shape index (κ3) is 4.52. The summed E-state index contributed by atoms with van der Waals surface area (Å²) >= 11 is 13.3. The lowest BCUT2D eigenvalue weighted by molar-refractivity contribution is -0.113. The van der Waals surface area contributed by atoms with Gasteiger partial charge in [0.05, 0.1) is 26.2 Å². The molecule has 4 nitrogen and oxygen atoms in total. The van der Waals surface area contributed by atoms with Crippen molar-refractivity contribution in [3.8, 4) is 0 Å². The number of hydrogen-bond acceptors (Lipinski definition) is 3. The first-order valence-electron chi connectivity index (χ1n) is 11.2. The van der Waals surface area contributed by atoms with Crippen LogP contribution in [0.2, 0.25) is 10.0 Å². The number of benzene rings is 3. The molecule has 0 bridgehead atoms. The van der Waals surface area contributed by atoms with Gasteiger partial charge in [-0.15, -0.1) is 0 Å². The number of hydrogen-bond donors (Lipinski definition) is 0. The Morgan fingerprint density at radius 1 is 0.971 bits per heavy atom. The van der Waals surface area contributed by atoms with Gasteiger partial charge in [-0.25, -0.2) is 4.90 Å². The lowest BCUT2D eigenvalue weighted by atomic mass is 10.1. The van der Waals surface area contributed by atoms with E-state index in [1.165, 1.54) is 10.5 Å². The molecular formula is C28H22Cl2N2O2S. The van der Waals surface area contributed by atoms with Crippen molar-refractivity contribution < 1.29 is 9.59 Å². The maximum absolute atomic E-state index is 13.2. The molecule has 4 aromatic rings. The van der Waals surface area contributed by atoms with Gasteiger partial charge in [0.25, 0.3) is 11.1 Å². The molecule has 0 aliphatic carbocycles. The van der Waals surface area contributed by atoms with E-state index < -0.39 is 0 Å². The molecular weight excluding hydrogens is 499 g/mol. The van der Waals surface area contributed by atoms with E-state index in [9.17, 15) is 9.59 Å². The minimum Gasteiger partial charge on any atom is -0.342 e. The number of fused-ring (bicyclic) bond motifs is 1. The van der Waals surface area contributed by atoms with Crippen molar-refractivity contribution in [1.29, 1.82) is 0 Å². The van der Waals surface area contributed by atoms with Crippen LogP contribution in [0.5, 0.6) is 0 Å². The molecule has 0 radical (unpaired) electrons. The second-order valence-corrected chi connectivity index (χ2v) is 10.3. The van der Waals surface area contributed by atoms with E-state index in [0.717, 1.165) is 45.8 Å². The van der Waals surface area contributed by atoms with E-state index in [4.69, 9.17) is 23.2 Å². The predicted molar refractivity (Wildman–Crippen MR) is 147 cm³/mol. The largest absolute Gasteiger partial charge is 0.342 e. The summed E-state index contributed by atoms with van der Waals surface area (Å²) < 4.78 is 2.17. The molecule has 176 valence electrons. The normalized spacial score (nSPS) is 15.1. The van der Waals surface area contributed by atoms with Gasteiger partial charge in [0, 0.05) is 23.7 Å². The Kier molecular flexibility index (Phi) is 6.49. The molecule has 1 saturated heterocycles. The highest BCUT2D eigenvalue weighted by molar-refractivity contribution is 8.19. The topological polar surface area (TPSA) is 42.3 Å². The quantitative estimate of drug-likeness (QED) is 0.249. The van der Waals surface area contributed by atoms with E-state index in [1.807, 2.05) is 49.5 Å². The average Bonchev–Trinajstić information content (AvgIpc) is 3.33.